The Hall–Kier alpha value is -1.16. The molecule has 1 heterocycles. The number of halogens is 1. The minimum Gasteiger partial charge on any atom is -0.340 e. The molecule has 1 aliphatic heterocycles. The lowest BCUT2D eigenvalue weighted by Gasteiger charge is -2.32. The maximum absolute atomic E-state index is 5.70. The van der Waals surface area contributed by atoms with Crippen LogP contribution in [-0.2, 0) is 0 Å². The van der Waals surface area contributed by atoms with E-state index in [1.807, 2.05) is 11.8 Å². The van der Waals surface area contributed by atoms with E-state index < -0.39 is 0 Å². The normalized spacial score (nSPS) is 12.8. The molecule has 0 bridgehead atoms. The topological polar surface area (TPSA) is 15.3 Å². The van der Waals surface area contributed by atoms with Crippen LogP contribution < -0.4 is 10.2 Å². The number of fused-ring (bicyclic) bond motifs is 2. The van der Waals surface area contributed by atoms with Crippen LogP contribution in [0.3, 0.4) is 0 Å². The van der Waals surface area contributed by atoms with E-state index in [0.717, 1.165) is 38.4 Å². The first kappa shape index (κ1) is 17.7. The van der Waals surface area contributed by atoms with E-state index >= 15 is 0 Å². The summed E-state index contributed by atoms with van der Waals surface area (Å²) in [4.78, 5) is 5.17. The molecule has 0 fully saturated rings. The summed E-state index contributed by atoms with van der Waals surface area (Å²) >= 11 is 7.58. The van der Waals surface area contributed by atoms with Gasteiger partial charge in [-0.1, -0.05) is 42.4 Å². The van der Waals surface area contributed by atoms with Crippen molar-refractivity contribution in [2.45, 2.75) is 35.5 Å². The molecule has 0 saturated carbocycles. The minimum atomic E-state index is 0.784. The van der Waals surface area contributed by atoms with Crippen LogP contribution in [0.1, 0.15) is 25.7 Å². The van der Waals surface area contributed by atoms with Gasteiger partial charge < -0.3 is 10.2 Å². The molecule has 3 rings (SSSR count). The van der Waals surface area contributed by atoms with Crippen molar-refractivity contribution in [1.29, 1.82) is 0 Å². The third-order valence-corrected chi connectivity index (χ3v) is 5.65. The number of hydrogen-bond donors (Lipinski definition) is 1. The largest absolute Gasteiger partial charge is 0.340 e. The maximum Gasteiger partial charge on any atom is 0.0552 e. The van der Waals surface area contributed by atoms with Crippen molar-refractivity contribution in [2.75, 3.05) is 30.4 Å². The van der Waals surface area contributed by atoms with Gasteiger partial charge in [-0.3, -0.25) is 0 Å². The first-order valence-corrected chi connectivity index (χ1v) is 10.2. The Balaban J connectivity index is 1.55. The van der Waals surface area contributed by atoms with Crippen molar-refractivity contribution >= 4 is 34.7 Å². The van der Waals surface area contributed by atoms with Gasteiger partial charge in [0.2, 0.25) is 0 Å². The highest BCUT2D eigenvalue weighted by atomic mass is 35.5. The molecule has 0 spiro atoms. The summed E-state index contributed by atoms with van der Waals surface area (Å²) in [5, 5.41) is 3.56. The number of anilines is 2. The molecule has 128 valence electrons. The second kappa shape index (κ2) is 9.36. The molecule has 0 amide bonds. The van der Waals surface area contributed by atoms with Crippen LogP contribution in [0.15, 0.2) is 58.3 Å². The van der Waals surface area contributed by atoms with E-state index in [0.29, 0.717) is 0 Å². The molecule has 1 aliphatic rings. The zero-order valence-corrected chi connectivity index (χ0v) is 15.6. The zero-order valence-electron chi connectivity index (χ0n) is 14.0. The van der Waals surface area contributed by atoms with Gasteiger partial charge >= 0.3 is 0 Å². The number of alkyl halides is 1. The molecule has 2 aromatic carbocycles. The van der Waals surface area contributed by atoms with Crippen LogP contribution in [0.5, 0.6) is 0 Å². The molecule has 0 unspecified atom stereocenters. The average Bonchev–Trinajstić information content (AvgIpc) is 2.63. The number of hydrogen-bond acceptors (Lipinski definition) is 3. The molecule has 4 heteroatoms. The molecule has 0 saturated heterocycles. The summed E-state index contributed by atoms with van der Waals surface area (Å²) in [6.07, 6.45) is 4.71. The van der Waals surface area contributed by atoms with E-state index in [9.17, 15) is 0 Å². The highest BCUT2D eigenvalue weighted by Crippen LogP contribution is 2.47. The average molecular weight is 361 g/mol. The van der Waals surface area contributed by atoms with Crippen LogP contribution >= 0.6 is 23.4 Å². The molecule has 1 N–H and O–H groups in total. The standard InChI is InChI=1S/C20H25ClN2S/c21-13-6-1-7-14-22-15-8-16-23-17-9-2-4-11-19(17)24-20-12-5-3-10-18(20)23/h2-5,9-12,22H,1,6-8,13-16H2. The number of unbranched alkanes of at least 4 members (excludes halogenated alkanes) is 2. The summed E-state index contributed by atoms with van der Waals surface area (Å²) in [5.41, 5.74) is 2.67. The molecule has 24 heavy (non-hydrogen) atoms. The second-order valence-corrected chi connectivity index (χ2v) is 7.50. The lowest BCUT2D eigenvalue weighted by Crippen LogP contribution is -2.26. The van der Waals surface area contributed by atoms with Crippen LogP contribution in [0.4, 0.5) is 11.4 Å². The van der Waals surface area contributed by atoms with Crippen molar-refractivity contribution in [1.82, 2.24) is 5.32 Å². The van der Waals surface area contributed by atoms with Gasteiger partial charge in [0.15, 0.2) is 0 Å². The van der Waals surface area contributed by atoms with Crippen molar-refractivity contribution in [3.63, 3.8) is 0 Å². The summed E-state index contributed by atoms with van der Waals surface area (Å²) in [7, 11) is 0. The molecule has 0 aliphatic carbocycles. The Morgan fingerprint density at radius 3 is 2.08 bits per heavy atom. The highest BCUT2D eigenvalue weighted by Gasteiger charge is 2.21. The number of rotatable bonds is 9. The smallest absolute Gasteiger partial charge is 0.0552 e. The lowest BCUT2D eigenvalue weighted by molar-refractivity contribution is 0.601. The second-order valence-electron chi connectivity index (χ2n) is 6.04. The molecular weight excluding hydrogens is 336 g/mol. The van der Waals surface area contributed by atoms with E-state index in [1.165, 1.54) is 34.0 Å². The number of benzene rings is 2. The number of nitrogens with zero attached hydrogens (tertiary/aromatic N) is 1. The van der Waals surface area contributed by atoms with Gasteiger partial charge in [0.05, 0.1) is 11.4 Å². The van der Waals surface area contributed by atoms with Crippen LogP contribution in [0.25, 0.3) is 0 Å². The van der Waals surface area contributed by atoms with Gasteiger partial charge in [-0.2, -0.15) is 0 Å². The fraction of sp³-hybridized carbons (Fsp3) is 0.400. The highest BCUT2D eigenvalue weighted by molar-refractivity contribution is 7.99. The van der Waals surface area contributed by atoms with Crippen molar-refractivity contribution in [3.8, 4) is 0 Å². The molecule has 0 atom stereocenters. The van der Waals surface area contributed by atoms with Crippen LogP contribution in [0.2, 0.25) is 0 Å². The van der Waals surface area contributed by atoms with Gasteiger partial charge in [0, 0.05) is 22.2 Å². The molecular formula is C20H25ClN2S. The van der Waals surface area contributed by atoms with Gasteiger partial charge in [0.25, 0.3) is 0 Å². The van der Waals surface area contributed by atoms with E-state index in [4.69, 9.17) is 11.6 Å². The van der Waals surface area contributed by atoms with E-state index in [-0.39, 0.29) is 0 Å². The third kappa shape index (κ3) is 4.47. The van der Waals surface area contributed by atoms with Gasteiger partial charge in [-0.15, -0.1) is 11.6 Å². The molecule has 2 aromatic rings. The van der Waals surface area contributed by atoms with Crippen molar-refractivity contribution in [3.05, 3.63) is 48.5 Å². The van der Waals surface area contributed by atoms with Crippen LogP contribution in [0, 0.1) is 0 Å². The first-order chi connectivity index (χ1) is 11.9. The van der Waals surface area contributed by atoms with E-state index in [1.54, 1.807) is 0 Å². The maximum atomic E-state index is 5.70. The SMILES string of the molecule is ClCCCCCNCCCN1c2ccccc2Sc2ccccc21. The number of nitrogens with one attached hydrogen (secondary N) is 1. The van der Waals surface area contributed by atoms with Crippen molar-refractivity contribution < 1.29 is 0 Å². The fourth-order valence-corrected chi connectivity index (χ4v) is 4.32. The van der Waals surface area contributed by atoms with Crippen molar-refractivity contribution in [2.24, 2.45) is 0 Å². The summed E-state index contributed by atoms with van der Waals surface area (Å²) in [6.45, 7) is 3.21. The Bertz CT molecular complexity index is 602. The summed E-state index contributed by atoms with van der Waals surface area (Å²) in [6, 6.07) is 17.4. The van der Waals surface area contributed by atoms with Gasteiger partial charge in [-0.05, 0) is 56.6 Å². The minimum absolute atomic E-state index is 0.784. The van der Waals surface area contributed by atoms with Gasteiger partial charge in [0.1, 0.15) is 0 Å². The molecule has 0 aromatic heterocycles. The predicted octanol–water partition coefficient (Wildman–Crippen LogP) is 5.68. The number of para-hydroxylation sites is 2. The fourth-order valence-electron chi connectivity index (χ4n) is 3.03. The Morgan fingerprint density at radius 1 is 0.792 bits per heavy atom. The predicted molar refractivity (Wildman–Crippen MR) is 106 cm³/mol. The Kier molecular flexibility index (Phi) is 6.88. The Morgan fingerprint density at radius 2 is 1.42 bits per heavy atom. The van der Waals surface area contributed by atoms with Gasteiger partial charge in [-0.25, -0.2) is 0 Å². The first-order valence-electron chi connectivity index (χ1n) is 8.80. The lowest BCUT2D eigenvalue weighted by atomic mass is 10.2. The van der Waals surface area contributed by atoms with Crippen LogP contribution in [-0.4, -0.2) is 25.5 Å². The molecule has 0 radical (unpaired) electrons. The summed E-state index contributed by atoms with van der Waals surface area (Å²) in [5.74, 6) is 0.784. The third-order valence-electron chi connectivity index (χ3n) is 4.25. The molecule has 2 nitrogen and oxygen atoms in total. The summed E-state index contributed by atoms with van der Waals surface area (Å²) < 4.78 is 0. The quantitative estimate of drug-likeness (QED) is 0.457. The zero-order chi connectivity index (χ0) is 16.6. The Labute approximate surface area is 154 Å². The monoisotopic (exact) mass is 360 g/mol. The van der Waals surface area contributed by atoms with E-state index in [2.05, 4.69) is 58.7 Å².